The van der Waals surface area contributed by atoms with Crippen LogP contribution in [0.1, 0.15) is 63.1 Å². The van der Waals surface area contributed by atoms with Crippen LogP contribution in [0.2, 0.25) is 0 Å². The summed E-state index contributed by atoms with van der Waals surface area (Å²) in [7, 11) is 1.58. The number of benzene rings is 2. The van der Waals surface area contributed by atoms with E-state index in [0.29, 0.717) is 17.4 Å². The molecule has 8 heteroatoms. The molecule has 1 N–H and O–H groups in total. The second-order valence-electron chi connectivity index (χ2n) is 11.8. The van der Waals surface area contributed by atoms with Crippen molar-refractivity contribution < 1.29 is 19.2 Å². The number of imide groups is 1. The normalized spacial score (nSPS) is 27.1. The maximum Gasteiger partial charge on any atom is 0.270 e. The van der Waals surface area contributed by atoms with Crippen molar-refractivity contribution in [2.24, 2.45) is 23.2 Å². The van der Waals surface area contributed by atoms with Gasteiger partial charge < -0.3 is 9.72 Å². The molecule has 2 aromatic carbocycles. The highest BCUT2D eigenvalue weighted by Crippen LogP contribution is 2.60. The Balaban J connectivity index is 1.52. The van der Waals surface area contributed by atoms with Crippen molar-refractivity contribution in [2.45, 2.75) is 51.9 Å². The number of rotatable bonds is 3. The number of H-pyrrole nitrogens is 1. The third-order valence-electron chi connectivity index (χ3n) is 9.01. The fourth-order valence-electron chi connectivity index (χ4n) is 7.14. The molecule has 192 valence electrons. The maximum absolute atomic E-state index is 14.1. The molecule has 0 bridgehead atoms. The quantitative estimate of drug-likeness (QED) is 0.273. The Morgan fingerprint density at radius 2 is 1.78 bits per heavy atom. The fourth-order valence-corrected chi connectivity index (χ4v) is 7.14. The van der Waals surface area contributed by atoms with Crippen LogP contribution in [0.25, 0.3) is 10.9 Å². The van der Waals surface area contributed by atoms with Crippen molar-refractivity contribution in [1.82, 2.24) is 4.98 Å². The van der Waals surface area contributed by atoms with E-state index in [-0.39, 0.29) is 39.7 Å². The first-order valence-corrected chi connectivity index (χ1v) is 12.9. The zero-order valence-corrected chi connectivity index (χ0v) is 21.5. The summed E-state index contributed by atoms with van der Waals surface area (Å²) in [6, 6.07) is 11.8. The van der Waals surface area contributed by atoms with E-state index in [0.717, 1.165) is 41.4 Å². The first kappa shape index (κ1) is 23.7. The molecular formula is C29H31N3O5. The van der Waals surface area contributed by atoms with E-state index in [1.807, 2.05) is 0 Å². The van der Waals surface area contributed by atoms with Gasteiger partial charge in [-0.15, -0.1) is 0 Å². The number of nitro groups is 1. The second-order valence-corrected chi connectivity index (χ2v) is 11.8. The van der Waals surface area contributed by atoms with Gasteiger partial charge in [0.15, 0.2) is 0 Å². The average Bonchev–Trinajstić information content (AvgIpc) is 3.37. The highest BCUT2D eigenvalue weighted by Gasteiger charge is 2.59. The van der Waals surface area contributed by atoms with Crippen LogP contribution in [-0.4, -0.2) is 28.8 Å². The first-order chi connectivity index (χ1) is 17.6. The highest BCUT2D eigenvalue weighted by molar-refractivity contribution is 6.24. The van der Waals surface area contributed by atoms with Gasteiger partial charge in [0.2, 0.25) is 11.8 Å². The summed E-state index contributed by atoms with van der Waals surface area (Å²) in [5.74, 6) is -0.338. The van der Waals surface area contributed by atoms with Gasteiger partial charge in [-0.05, 0) is 78.3 Å². The van der Waals surface area contributed by atoms with E-state index in [1.54, 1.807) is 43.5 Å². The van der Waals surface area contributed by atoms with Crippen molar-refractivity contribution in [3.63, 3.8) is 0 Å². The lowest BCUT2D eigenvalue weighted by Crippen LogP contribution is -2.41. The number of amides is 2. The number of hydrogen-bond acceptors (Lipinski definition) is 5. The Morgan fingerprint density at radius 1 is 1.05 bits per heavy atom. The zero-order chi connectivity index (χ0) is 26.2. The molecule has 1 aromatic heterocycles. The molecule has 0 radical (unpaired) electrons. The molecule has 2 amide bonds. The number of carbonyl (C=O) groups is 2. The number of fused-ring (bicyclic) bond motifs is 8. The van der Waals surface area contributed by atoms with E-state index < -0.39 is 11.8 Å². The van der Waals surface area contributed by atoms with Gasteiger partial charge in [0.25, 0.3) is 5.69 Å². The Kier molecular flexibility index (Phi) is 5.23. The van der Waals surface area contributed by atoms with Gasteiger partial charge in [-0.1, -0.05) is 20.8 Å². The number of methoxy groups -OCH3 is 1. The largest absolute Gasteiger partial charge is 0.497 e. The molecule has 5 atom stereocenters. The molecule has 1 aliphatic heterocycles. The Labute approximate surface area is 215 Å². The smallest absolute Gasteiger partial charge is 0.270 e. The van der Waals surface area contributed by atoms with Crippen LogP contribution >= 0.6 is 0 Å². The van der Waals surface area contributed by atoms with E-state index in [1.165, 1.54) is 11.0 Å². The van der Waals surface area contributed by atoms with Crippen LogP contribution < -0.4 is 9.64 Å². The number of nitrogens with zero attached hydrogens (tertiary/aromatic N) is 2. The summed E-state index contributed by atoms with van der Waals surface area (Å²) in [6.45, 7) is 6.72. The molecule has 3 aromatic rings. The Hall–Kier alpha value is -3.68. The lowest BCUT2D eigenvalue weighted by molar-refractivity contribution is -0.384. The number of aromatic amines is 1. The zero-order valence-electron chi connectivity index (χ0n) is 21.5. The van der Waals surface area contributed by atoms with Crippen LogP contribution in [0, 0.1) is 33.3 Å². The van der Waals surface area contributed by atoms with E-state index in [9.17, 15) is 19.7 Å². The van der Waals surface area contributed by atoms with Crippen LogP contribution in [0.15, 0.2) is 42.5 Å². The number of aromatic nitrogens is 1. The molecule has 2 aliphatic carbocycles. The van der Waals surface area contributed by atoms with Gasteiger partial charge in [-0.25, -0.2) is 4.90 Å². The lowest BCUT2D eigenvalue weighted by atomic mass is 9.56. The third kappa shape index (κ3) is 3.49. The molecule has 2 heterocycles. The van der Waals surface area contributed by atoms with Crippen LogP contribution in [0.4, 0.5) is 11.4 Å². The minimum atomic E-state index is -0.629. The summed E-state index contributed by atoms with van der Waals surface area (Å²) < 4.78 is 5.26. The first-order valence-electron chi connectivity index (χ1n) is 12.9. The van der Waals surface area contributed by atoms with E-state index in [4.69, 9.17) is 4.74 Å². The summed E-state index contributed by atoms with van der Waals surface area (Å²) >= 11 is 0. The Morgan fingerprint density at radius 3 is 2.43 bits per heavy atom. The molecule has 1 saturated carbocycles. The number of nitrogens with one attached hydrogen (secondary N) is 1. The van der Waals surface area contributed by atoms with Crippen molar-refractivity contribution in [3.8, 4) is 5.75 Å². The summed E-state index contributed by atoms with van der Waals surface area (Å²) in [5.41, 5.74) is 3.18. The SMILES string of the molecule is COc1ccc(N2C(=O)C3c4[nH]c5ccc([N+](=O)[O-])cc5c4C4CCC(C(C)(C)C)CC4C3C2=O)cc1. The predicted octanol–water partition coefficient (Wildman–Crippen LogP) is 5.92. The average molecular weight is 502 g/mol. The third-order valence-corrected chi connectivity index (χ3v) is 9.01. The molecule has 8 nitrogen and oxygen atoms in total. The van der Waals surface area contributed by atoms with Gasteiger partial charge in [-0.3, -0.25) is 19.7 Å². The molecule has 0 spiro atoms. The van der Waals surface area contributed by atoms with Gasteiger partial charge in [-0.2, -0.15) is 0 Å². The standard InChI is InChI=1S/C29H31N3O5/c1-29(2,3)15-5-11-19-20(13-15)24-25(26-23(19)21-14-17(32(35)36)8-12-22(21)30-26)28(34)31(27(24)33)16-6-9-18(37-4)10-7-16/h6-10,12,14-15,19-20,24-25,30H,5,11,13H2,1-4H3. The molecule has 6 rings (SSSR count). The van der Waals surface area contributed by atoms with Crippen molar-refractivity contribution in [1.29, 1.82) is 0 Å². The summed E-state index contributed by atoms with van der Waals surface area (Å²) in [6.07, 6.45) is 2.77. The van der Waals surface area contributed by atoms with Crippen LogP contribution in [-0.2, 0) is 9.59 Å². The molecule has 37 heavy (non-hydrogen) atoms. The summed E-state index contributed by atoms with van der Waals surface area (Å²) in [5, 5.41) is 12.4. The predicted molar refractivity (Wildman–Crippen MR) is 140 cm³/mol. The topological polar surface area (TPSA) is 106 Å². The molecule has 5 unspecified atom stereocenters. The van der Waals surface area contributed by atoms with E-state index >= 15 is 0 Å². The van der Waals surface area contributed by atoms with Crippen molar-refractivity contribution in [3.05, 3.63) is 63.8 Å². The number of carbonyl (C=O) groups excluding carboxylic acids is 2. The van der Waals surface area contributed by atoms with Crippen molar-refractivity contribution >= 4 is 34.1 Å². The molecular weight excluding hydrogens is 470 g/mol. The van der Waals surface area contributed by atoms with E-state index in [2.05, 4.69) is 25.8 Å². The van der Waals surface area contributed by atoms with Gasteiger partial charge in [0, 0.05) is 28.7 Å². The van der Waals surface area contributed by atoms with Crippen molar-refractivity contribution in [2.75, 3.05) is 12.0 Å². The monoisotopic (exact) mass is 501 g/mol. The number of non-ortho nitro benzene ring substituents is 1. The molecule has 1 saturated heterocycles. The number of anilines is 1. The molecule has 3 aliphatic rings. The second kappa shape index (κ2) is 8.16. The maximum atomic E-state index is 14.1. The van der Waals surface area contributed by atoms with Crippen LogP contribution in [0.5, 0.6) is 5.75 Å². The van der Waals surface area contributed by atoms with Gasteiger partial charge >= 0.3 is 0 Å². The number of ether oxygens (including phenoxy) is 1. The van der Waals surface area contributed by atoms with Gasteiger partial charge in [0.05, 0.1) is 29.6 Å². The van der Waals surface area contributed by atoms with Crippen LogP contribution in [0.3, 0.4) is 0 Å². The minimum Gasteiger partial charge on any atom is -0.497 e. The fraction of sp³-hybridized carbons (Fsp3) is 0.448. The number of hydrogen-bond donors (Lipinski definition) is 1. The Bertz CT molecular complexity index is 1430. The molecule has 2 fully saturated rings. The number of nitro benzene ring substituents is 1. The van der Waals surface area contributed by atoms with Gasteiger partial charge in [0.1, 0.15) is 5.75 Å². The summed E-state index contributed by atoms with van der Waals surface area (Å²) in [4.78, 5) is 44.0. The highest BCUT2D eigenvalue weighted by atomic mass is 16.6. The lowest BCUT2D eigenvalue weighted by Gasteiger charge is -2.47. The minimum absolute atomic E-state index is 0.00608.